The number of carbonyl (C=O) groups is 2. The van der Waals surface area contributed by atoms with Gasteiger partial charge < -0.3 is 14.6 Å². The fraction of sp³-hybridized carbons (Fsp3) is 0.462. The van der Waals surface area contributed by atoms with Gasteiger partial charge in [-0.1, -0.05) is 18.2 Å². The van der Waals surface area contributed by atoms with Gasteiger partial charge in [-0.15, -0.1) is 23.7 Å². The minimum Gasteiger partial charge on any atom is -0.481 e. The van der Waals surface area contributed by atoms with E-state index in [9.17, 15) is 22.8 Å². The Hall–Kier alpha value is -2.56. The van der Waals surface area contributed by atoms with E-state index in [4.69, 9.17) is 5.11 Å². The van der Waals surface area contributed by atoms with Gasteiger partial charge in [-0.05, 0) is 62.0 Å². The van der Waals surface area contributed by atoms with Crippen LogP contribution in [0.1, 0.15) is 40.3 Å². The first kappa shape index (κ1) is 27.5. The van der Waals surface area contributed by atoms with Crippen LogP contribution < -0.4 is 0 Å². The molecule has 0 radical (unpaired) electrons. The van der Waals surface area contributed by atoms with Crippen molar-refractivity contribution >= 4 is 46.5 Å². The summed E-state index contributed by atoms with van der Waals surface area (Å²) in [5.74, 6) is -0.581. The van der Waals surface area contributed by atoms with E-state index < -0.39 is 17.0 Å². The number of fused-ring (bicyclic) bond motifs is 3. The highest BCUT2D eigenvalue weighted by Gasteiger charge is 2.33. The zero-order chi connectivity index (χ0) is 25.4. The lowest BCUT2D eigenvalue weighted by Gasteiger charge is -2.34. The summed E-state index contributed by atoms with van der Waals surface area (Å²) in [6.07, 6.45) is -1.92. The van der Waals surface area contributed by atoms with Crippen molar-refractivity contribution in [3.8, 4) is 0 Å². The number of aliphatic carboxylic acids is 1. The molecule has 4 heterocycles. The molecular formula is C26H29ClF3N3O3S. The predicted molar refractivity (Wildman–Crippen MR) is 138 cm³/mol. The molecule has 0 bridgehead atoms. The van der Waals surface area contributed by atoms with Crippen LogP contribution in [0.25, 0.3) is 10.9 Å². The van der Waals surface area contributed by atoms with Crippen LogP contribution in [0.15, 0.2) is 36.4 Å². The number of hydrogen-bond donors (Lipinski definition) is 1. The number of halogens is 4. The van der Waals surface area contributed by atoms with Gasteiger partial charge in [0.1, 0.15) is 4.88 Å². The molecule has 200 valence electrons. The van der Waals surface area contributed by atoms with Gasteiger partial charge in [0.15, 0.2) is 0 Å². The number of rotatable bonds is 6. The van der Waals surface area contributed by atoms with E-state index in [1.54, 1.807) is 0 Å². The molecule has 6 nitrogen and oxygen atoms in total. The van der Waals surface area contributed by atoms with E-state index in [1.165, 1.54) is 6.07 Å². The van der Waals surface area contributed by atoms with Crippen molar-refractivity contribution in [1.82, 2.24) is 14.4 Å². The first-order chi connectivity index (χ1) is 17.2. The molecule has 0 spiro atoms. The highest BCUT2D eigenvalue weighted by atomic mass is 35.5. The summed E-state index contributed by atoms with van der Waals surface area (Å²) < 4.78 is 41.5. The maximum atomic E-state index is 13.2. The van der Waals surface area contributed by atoms with Crippen molar-refractivity contribution < 1.29 is 27.9 Å². The van der Waals surface area contributed by atoms with Crippen LogP contribution in [0.2, 0.25) is 0 Å². The van der Waals surface area contributed by atoms with E-state index in [1.807, 2.05) is 29.2 Å². The molecule has 0 unspecified atom stereocenters. The number of thiophene rings is 1. The third-order valence-electron chi connectivity index (χ3n) is 7.30. The normalized spacial score (nSPS) is 17.0. The van der Waals surface area contributed by atoms with E-state index in [0.717, 1.165) is 52.4 Å². The Morgan fingerprint density at radius 3 is 2.46 bits per heavy atom. The molecule has 1 fully saturated rings. The SMILES string of the molecule is Cl.O=C(O)CC1CCN(CC(=O)N2CCc3c(n(Cc4ccc(C(F)(F)F)s4)c4ccccc34)C2)CC1. The number of amides is 1. The molecule has 1 aromatic carbocycles. The zero-order valence-corrected chi connectivity index (χ0v) is 21.8. The number of para-hydroxylation sites is 1. The Kier molecular flexibility index (Phi) is 8.20. The largest absolute Gasteiger partial charge is 0.481 e. The third kappa shape index (κ3) is 5.97. The van der Waals surface area contributed by atoms with E-state index in [0.29, 0.717) is 50.6 Å². The lowest BCUT2D eigenvalue weighted by molar-refractivity contribution is -0.139. The van der Waals surface area contributed by atoms with Crippen LogP contribution in [-0.4, -0.2) is 57.5 Å². The number of carboxylic acid groups (broad SMARTS) is 1. The van der Waals surface area contributed by atoms with Crippen LogP contribution in [-0.2, 0) is 35.3 Å². The number of aromatic nitrogens is 1. The van der Waals surface area contributed by atoms with Crippen molar-refractivity contribution in [2.45, 2.75) is 44.9 Å². The van der Waals surface area contributed by atoms with Crippen molar-refractivity contribution in [1.29, 1.82) is 0 Å². The van der Waals surface area contributed by atoms with Crippen molar-refractivity contribution in [3.63, 3.8) is 0 Å². The lowest BCUT2D eigenvalue weighted by atomic mass is 9.93. The summed E-state index contributed by atoms with van der Waals surface area (Å²) in [7, 11) is 0. The number of likely N-dealkylation sites (tertiary alicyclic amines) is 1. The van der Waals surface area contributed by atoms with E-state index in [2.05, 4.69) is 9.47 Å². The highest BCUT2D eigenvalue weighted by molar-refractivity contribution is 7.12. The third-order valence-corrected chi connectivity index (χ3v) is 8.42. The van der Waals surface area contributed by atoms with Gasteiger partial charge in [0, 0.05) is 34.4 Å². The summed E-state index contributed by atoms with van der Waals surface area (Å²) in [6, 6.07) is 10.6. The number of piperidine rings is 1. The Morgan fingerprint density at radius 2 is 1.78 bits per heavy atom. The standard InChI is InChI=1S/C26H28F3N3O3S.ClH/c27-26(28,29)23-6-5-18(36-23)14-32-21-4-2-1-3-19(21)20-9-12-31(15-22(20)32)24(33)16-30-10-7-17(8-11-30)13-25(34)35;/h1-6,17H,7-16H2,(H,34,35);1H. The van der Waals surface area contributed by atoms with Gasteiger partial charge in [0.25, 0.3) is 0 Å². The molecular weight excluding hydrogens is 527 g/mol. The van der Waals surface area contributed by atoms with E-state index in [-0.39, 0.29) is 30.7 Å². The molecule has 0 aliphatic carbocycles. The van der Waals surface area contributed by atoms with Crippen LogP contribution >= 0.6 is 23.7 Å². The van der Waals surface area contributed by atoms with Gasteiger partial charge >= 0.3 is 12.1 Å². The predicted octanol–water partition coefficient (Wildman–Crippen LogP) is 5.26. The van der Waals surface area contributed by atoms with Gasteiger partial charge in [0.2, 0.25) is 5.91 Å². The Balaban J connectivity index is 0.00000320. The van der Waals surface area contributed by atoms with Gasteiger partial charge in [-0.25, -0.2) is 0 Å². The average Bonchev–Trinajstić information content (AvgIpc) is 3.44. The first-order valence-corrected chi connectivity index (χ1v) is 13.0. The Morgan fingerprint density at radius 1 is 1.05 bits per heavy atom. The molecule has 0 saturated carbocycles. The molecule has 3 aromatic rings. The maximum absolute atomic E-state index is 13.2. The minimum atomic E-state index is -4.35. The van der Waals surface area contributed by atoms with E-state index >= 15 is 0 Å². The van der Waals surface area contributed by atoms with Crippen LogP contribution in [0, 0.1) is 5.92 Å². The van der Waals surface area contributed by atoms with Crippen molar-refractivity contribution in [3.05, 3.63) is 57.4 Å². The second-order valence-electron chi connectivity index (χ2n) is 9.67. The molecule has 5 rings (SSSR count). The fourth-order valence-corrected chi connectivity index (χ4v) is 6.31. The second-order valence-corrected chi connectivity index (χ2v) is 10.8. The quantitative estimate of drug-likeness (QED) is 0.450. The number of carboxylic acids is 1. The minimum absolute atomic E-state index is 0. The van der Waals surface area contributed by atoms with Crippen molar-refractivity contribution in [2.75, 3.05) is 26.2 Å². The summed E-state index contributed by atoms with van der Waals surface area (Å²) in [4.78, 5) is 28.1. The number of alkyl halides is 3. The second kappa shape index (κ2) is 11.0. The Labute approximate surface area is 223 Å². The topological polar surface area (TPSA) is 65.8 Å². The highest BCUT2D eigenvalue weighted by Crippen LogP contribution is 2.37. The summed E-state index contributed by atoms with van der Waals surface area (Å²) in [6.45, 7) is 3.08. The summed E-state index contributed by atoms with van der Waals surface area (Å²) >= 11 is 0.762. The smallest absolute Gasteiger partial charge is 0.425 e. The zero-order valence-electron chi connectivity index (χ0n) is 20.2. The molecule has 2 aromatic heterocycles. The molecule has 11 heteroatoms. The molecule has 1 saturated heterocycles. The maximum Gasteiger partial charge on any atom is 0.425 e. The Bertz CT molecular complexity index is 1280. The van der Waals surface area contributed by atoms with Crippen LogP contribution in [0.3, 0.4) is 0 Å². The molecule has 0 atom stereocenters. The lowest BCUT2D eigenvalue weighted by Crippen LogP contribution is -2.45. The fourth-order valence-electron chi connectivity index (χ4n) is 5.45. The number of carbonyl (C=O) groups excluding carboxylic acids is 1. The summed E-state index contributed by atoms with van der Waals surface area (Å²) in [5.41, 5.74) is 3.12. The monoisotopic (exact) mass is 555 g/mol. The molecule has 1 N–H and O–H groups in total. The van der Waals surface area contributed by atoms with Crippen molar-refractivity contribution in [2.24, 2.45) is 5.92 Å². The number of benzene rings is 1. The average molecular weight is 556 g/mol. The first-order valence-electron chi connectivity index (χ1n) is 12.2. The van der Waals surface area contributed by atoms with Gasteiger partial charge in [-0.2, -0.15) is 13.2 Å². The van der Waals surface area contributed by atoms with Crippen LogP contribution in [0.5, 0.6) is 0 Å². The molecule has 2 aliphatic rings. The number of hydrogen-bond acceptors (Lipinski definition) is 4. The van der Waals surface area contributed by atoms with Gasteiger partial charge in [0.05, 0.1) is 19.6 Å². The molecule has 2 aliphatic heterocycles. The van der Waals surface area contributed by atoms with Crippen LogP contribution in [0.4, 0.5) is 13.2 Å². The molecule has 1 amide bonds. The number of nitrogens with zero attached hydrogens (tertiary/aromatic N) is 3. The summed E-state index contributed by atoms with van der Waals surface area (Å²) in [5, 5.41) is 10.1. The van der Waals surface area contributed by atoms with Gasteiger partial charge in [-0.3, -0.25) is 14.5 Å². The molecule has 37 heavy (non-hydrogen) atoms.